The number of nitrogens with zero attached hydrogens (tertiary/aromatic N) is 1. The molecule has 11 nitrogen and oxygen atoms in total. The molecule has 3 aromatic carbocycles. The van der Waals surface area contributed by atoms with Crippen LogP contribution in [0.3, 0.4) is 0 Å². The molecule has 1 aliphatic rings. The lowest BCUT2D eigenvalue weighted by Gasteiger charge is -2.20. The largest absolute Gasteiger partial charge is 0.507 e. The molecule has 1 amide bonds. The van der Waals surface area contributed by atoms with E-state index in [1.165, 1.54) is 23.5 Å². The number of rotatable bonds is 16. The lowest BCUT2D eigenvalue weighted by Crippen LogP contribution is -2.29. The summed E-state index contributed by atoms with van der Waals surface area (Å²) in [6.45, 7) is 0.851. The topological polar surface area (TPSA) is 167 Å². The van der Waals surface area contributed by atoms with Crippen molar-refractivity contribution >= 4 is 45.7 Å². The first-order valence-corrected chi connectivity index (χ1v) is 16.4. The average molecular weight is 679 g/mol. The number of benzene rings is 3. The highest BCUT2D eigenvalue weighted by Gasteiger charge is 2.30. The Labute approximate surface area is 278 Å². The Morgan fingerprint density at radius 2 is 1.83 bits per heavy atom. The highest BCUT2D eigenvalue weighted by Crippen LogP contribution is 2.45. The predicted molar refractivity (Wildman–Crippen MR) is 177 cm³/mol. The molecule has 1 heterocycles. The Bertz CT molecular complexity index is 1880. The quantitative estimate of drug-likeness (QED) is 0.0387. The molecule has 1 aliphatic carbocycles. The van der Waals surface area contributed by atoms with E-state index < -0.39 is 34.6 Å². The molecule has 1 aromatic heterocycles. The Balaban J connectivity index is 1.24. The van der Waals surface area contributed by atoms with Crippen LogP contribution in [0.5, 0.6) is 0 Å². The number of furan rings is 1. The Morgan fingerprint density at radius 3 is 2.50 bits per heavy atom. The Kier molecular flexibility index (Phi) is 11.2. The fourth-order valence-corrected chi connectivity index (χ4v) is 5.95. The SMILES string of the molecule is CNC(=O)c1c(-c2ccc(F)cc2)oc2cc(CN(CCOCCCc3cccc(C(O)=CC(=O)C(=O)O)c3)S(=O)O)c(C3CC3)cc12. The highest BCUT2D eigenvalue weighted by atomic mass is 32.2. The number of carbonyl (C=O) groups is 3. The molecule has 0 aliphatic heterocycles. The third kappa shape index (κ3) is 8.42. The predicted octanol–water partition coefficient (Wildman–Crippen LogP) is 5.62. The summed E-state index contributed by atoms with van der Waals surface area (Å²) in [6, 6.07) is 16.2. The first-order valence-electron chi connectivity index (χ1n) is 15.3. The van der Waals surface area contributed by atoms with Crippen molar-refractivity contribution in [2.24, 2.45) is 0 Å². The molecule has 0 bridgehead atoms. The van der Waals surface area contributed by atoms with Crippen molar-refractivity contribution in [3.05, 3.63) is 100 Å². The summed E-state index contributed by atoms with van der Waals surface area (Å²) in [5.41, 5.74) is 4.28. The second-order valence-electron chi connectivity index (χ2n) is 11.4. The zero-order valence-corrected chi connectivity index (χ0v) is 26.9. The van der Waals surface area contributed by atoms with Gasteiger partial charge in [0.25, 0.3) is 11.7 Å². The van der Waals surface area contributed by atoms with E-state index in [4.69, 9.17) is 14.3 Å². The van der Waals surface area contributed by atoms with Gasteiger partial charge in [-0.05, 0) is 90.8 Å². The van der Waals surface area contributed by atoms with Crippen molar-refractivity contribution in [3.63, 3.8) is 0 Å². The molecule has 5 rings (SSSR count). The van der Waals surface area contributed by atoms with E-state index in [0.29, 0.717) is 58.9 Å². The van der Waals surface area contributed by atoms with Crippen LogP contribution in [-0.4, -0.2) is 67.7 Å². The minimum absolute atomic E-state index is 0.143. The molecular formula is C35H35FN2O9S. The minimum Gasteiger partial charge on any atom is -0.507 e. The highest BCUT2D eigenvalue weighted by molar-refractivity contribution is 7.76. The van der Waals surface area contributed by atoms with Crippen LogP contribution in [0.4, 0.5) is 4.39 Å². The number of hydrogen-bond acceptors (Lipinski definition) is 7. The summed E-state index contributed by atoms with van der Waals surface area (Å²) in [5, 5.41) is 22.1. The number of ether oxygens (including phenoxy) is 1. The van der Waals surface area contributed by atoms with Crippen molar-refractivity contribution in [2.75, 3.05) is 26.8 Å². The zero-order valence-electron chi connectivity index (χ0n) is 26.1. The summed E-state index contributed by atoms with van der Waals surface area (Å²) in [5.74, 6) is -3.50. The van der Waals surface area contributed by atoms with E-state index in [2.05, 4.69) is 5.32 Å². The van der Waals surface area contributed by atoms with E-state index >= 15 is 0 Å². The maximum absolute atomic E-state index is 13.6. The van der Waals surface area contributed by atoms with Gasteiger partial charge in [0.2, 0.25) is 11.3 Å². The molecule has 1 unspecified atom stereocenters. The number of carboxylic acid groups (broad SMARTS) is 1. The van der Waals surface area contributed by atoms with Gasteiger partial charge >= 0.3 is 5.97 Å². The van der Waals surface area contributed by atoms with Crippen LogP contribution in [-0.2, 0) is 38.6 Å². The lowest BCUT2D eigenvalue weighted by atomic mass is 9.97. The lowest BCUT2D eigenvalue weighted by molar-refractivity contribution is -0.146. The van der Waals surface area contributed by atoms with Crippen LogP contribution < -0.4 is 5.32 Å². The van der Waals surface area contributed by atoms with Crippen molar-refractivity contribution in [2.45, 2.75) is 38.1 Å². The molecule has 48 heavy (non-hydrogen) atoms. The van der Waals surface area contributed by atoms with Crippen LogP contribution in [0, 0.1) is 5.82 Å². The molecule has 252 valence electrons. The van der Waals surface area contributed by atoms with E-state index in [-0.39, 0.29) is 31.5 Å². The number of carbonyl (C=O) groups excluding carboxylic acids is 2. The maximum atomic E-state index is 13.6. The molecule has 1 atom stereocenters. The van der Waals surface area contributed by atoms with Crippen LogP contribution in [0.15, 0.2) is 71.2 Å². The zero-order chi connectivity index (χ0) is 34.4. The molecule has 4 aromatic rings. The van der Waals surface area contributed by atoms with Crippen LogP contribution >= 0.6 is 0 Å². The normalized spacial score (nSPS) is 14.0. The second kappa shape index (κ2) is 15.5. The van der Waals surface area contributed by atoms with Gasteiger partial charge in [-0.15, -0.1) is 0 Å². The molecule has 13 heteroatoms. The maximum Gasteiger partial charge on any atom is 0.376 e. The van der Waals surface area contributed by atoms with Crippen LogP contribution in [0.2, 0.25) is 0 Å². The fourth-order valence-electron chi connectivity index (χ4n) is 5.47. The van der Waals surface area contributed by atoms with Gasteiger partial charge in [-0.2, -0.15) is 4.31 Å². The standard InChI is InChI=1S/C35H35FN2O9S/c1-37-34(41)32-28-18-27(22-7-8-22)25(17-31(28)47-33(32)23-9-11-26(36)12-10-23)20-38(48(44)45)13-15-46-14-3-5-21-4-2-6-24(16-21)29(39)19-30(40)35(42)43/h2,4,6,9-12,16-19,22,39H,3,5,7-8,13-15,20H2,1H3,(H,37,41)(H,42,43)(H,44,45). The summed E-state index contributed by atoms with van der Waals surface area (Å²) >= 11 is -2.30. The van der Waals surface area contributed by atoms with Gasteiger partial charge in [0.15, 0.2) is 0 Å². The van der Waals surface area contributed by atoms with Gasteiger partial charge < -0.3 is 24.7 Å². The number of halogens is 1. The summed E-state index contributed by atoms with van der Waals surface area (Å²) in [4.78, 5) is 35.1. The molecule has 1 fully saturated rings. The third-order valence-corrected chi connectivity index (χ3v) is 8.79. The average Bonchev–Trinajstić information content (AvgIpc) is 3.85. The molecule has 0 spiro atoms. The third-order valence-electron chi connectivity index (χ3n) is 8.04. The molecule has 0 saturated heterocycles. The molecule has 4 N–H and O–H groups in total. The first kappa shape index (κ1) is 34.6. The second-order valence-corrected chi connectivity index (χ2v) is 12.4. The van der Waals surface area contributed by atoms with E-state index in [9.17, 15) is 32.6 Å². The number of aliphatic carboxylic acids is 1. The van der Waals surface area contributed by atoms with Crippen molar-refractivity contribution in [3.8, 4) is 11.3 Å². The fraction of sp³-hybridized carbons (Fsp3) is 0.286. The monoisotopic (exact) mass is 678 g/mol. The summed E-state index contributed by atoms with van der Waals surface area (Å²) in [6.07, 6.45) is 3.77. The number of aryl methyl sites for hydroxylation is 1. The number of ketones is 1. The van der Waals surface area contributed by atoms with Crippen LogP contribution in [0.1, 0.15) is 57.8 Å². The Morgan fingerprint density at radius 1 is 1.08 bits per heavy atom. The smallest absolute Gasteiger partial charge is 0.376 e. The van der Waals surface area contributed by atoms with Gasteiger partial charge in [0.1, 0.15) is 22.9 Å². The van der Waals surface area contributed by atoms with Crippen LogP contribution in [0.25, 0.3) is 28.1 Å². The number of carboxylic acids is 1. The number of hydrogen-bond donors (Lipinski definition) is 4. The molecule has 1 saturated carbocycles. The van der Waals surface area contributed by atoms with Crippen molar-refractivity contribution in [1.29, 1.82) is 0 Å². The van der Waals surface area contributed by atoms with Gasteiger partial charge in [0.05, 0.1) is 12.2 Å². The number of aliphatic hydroxyl groups excluding tert-OH is 1. The molecular weight excluding hydrogens is 643 g/mol. The number of nitrogens with one attached hydrogen (secondary N) is 1. The Hall–Kier alpha value is -4.69. The number of fused-ring (bicyclic) bond motifs is 1. The van der Waals surface area contributed by atoms with Crippen molar-refractivity contribution in [1.82, 2.24) is 9.62 Å². The summed E-state index contributed by atoms with van der Waals surface area (Å²) in [7, 11) is 1.53. The van der Waals surface area contributed by atoms with Gasteiger partial charge in [-0.25, -0.2) is 13.4 Å². The van der Waals surface area contributed by atoms with Crippen molar-refractivity contribution < 1.29 is 46.9 Å². The number of aliphatic hydroxyl groups is 1. The number of amides is 1. The molecule has 0 radical (unpaired) electrons. The van der Waals surface area contributed by atoms with Gasteiger partial charge in [-0.1, -0.05) is 18.2 Å². The van der Waals surface area contributed by atoms with E-state index in [0.717, 1.165) is 29.5 Å². The minimum atomic E-state index is -2.30. The van der Waals surface area contributed by atoms with Gasteiger partial charge in [-0.3, -0.25) is 14.1 Å². The first-order chi connectivity index (χ1) is 23.0. The van der Waals surface area contributed by atoms with Gasteiger partial charge in [0, 0.05) is 49.3 Å². The summed E-state index contributed by atoms with van der Waals surface area (Å²) < 4.78 is 49.4. The van der Waals surface area contributed by atoms with E-state index in [1.807, 2.05) is 18.2 Å². The van der Waals surface area contributed by atoms with E-state index in [1.54, 1.807) is 30.3 Å².